The van der Waals surface area contributed by atoms with Crippen LogP contribution in [0.5, 0.6) is 5.88 Å². The van der Waals surface area contributed by atoms with Crippen molar-refractivity contribution in [3.05, 3.63) is 17.3 Å². The zero-order valence-electron chi connectivity index (χ0n) is 10.2. The molecule has 5 nitrogen and oxygen atoms in total. The second-order valence-corrected chi connectivity index (χ2v) is 5.41. The lowest BCUT2D eigenvalue weighted by atomic mass is 10.1. The van der Waals surface area contributed by atoms with E-state index in [0.717, 1.165) is 10.7 Å². The summed E-state index contributed by atoms with van der Waals surface area (Å²) in [4.78, 5) is 5.28. The fraction of sp³-hybridized carbons (Fsp3) is 0.545. The van der Waals surface area contributed by atoms with Crippen LogP contribution in [-0.2, 0) is 6.54 Å². The Labute approximate surface area is 104 Å². The van der Waals surface area contributed by atoms with Gasteiger partial charge in [-0.3, -0.25) is 4.40 Å². The van der Waals surface area contributed by atoms with Crippen LogP contribution in [0.25, 0.3) is 4.96 Å². The lowest BCUT2D eigenvalue weighted by Crippen LogP contribution is -2.34. The molecule has 2 rings (SSSR count). The number of thiazole rings is 1. The number of rotatable bonds is 5. The Balaban J connectivity index is 2.13. The first kappa shape index (κ1) is 12.3. The van der Waals surface area contributed by atoms with Crippen molar-refractivity contribution in [1.29, 1.82) is 0 Å². The molecule has 0 aromatic carbocycles. The topological polar surface area (TPSA) is 58.8 Å². The predicted octanol–water partition coefficient (Wildman–Crippen LogP) is 1.26. The normalized spacial score (nSPS) is 12.2. The van der Waals surface area contributed by atoms with Crippen LogP contribution in [0.1, 0.15) is 19.5 Å². The van der Waals surface area contributed by atoms with E-state index >= 15 is 0 Å². The van der Waals surface area contributed by atoms with Crippen molar-refractivity contribution in [3.63, 3.8) is 0 Å². The standard InChI is InChI=1S/C11H17N3O2S/c1-11(2,15)7-12-6-8-9(16-3)13-10-14(8)4-5-17-10/h4-5,12,15H,6-7H2,1-3H3. The van der Waals surface area contributed by atoms with Crippen molar-refractivity contribution < 1.29 is 9.84 Å². The van der Waals surface area contributed by atoms with Crippen LogP contribution in [-0.4, -0.2) is 33.7 Å². The van der Waals surface area contributed by atoms with Crippen molar-refractivity contribution in [2.45, 2.75) is 26.0 Å². The van der Waals surface area contributed by atoms with Gasteiger partial charge in [0.15, 0.2) is 4.96 Å². The van der Waals surface area contributed by atoms with Crippen LogP contribution in [0, 0.1) is 0 Å². The Morgan fingerprint density at radius 3 is 3.00 bits per heavy atom. The smallest absolute Gasteiger partial charge is 0.237 e. The highest BCUT2D eigenvalue weighted by atomic mass is 32.1. The van der Waals surface area contributed by atoms with Crippen molar-refractivity contribution in [2.75, 3.05) is 13.7 Å². The summed E-state index contributed by atoms with van der Waals surface area (Å²) in [5.74, 6) is 0.639. The van der Waals surface area contributed by atoms with Gasteiger partial charge < -0.3 is 15.2 Å². The van der Waals surface area contributed by atoms with E-state index in [4.69, 9.17) is 4.74 Å². The summed E-state index contributed by atoms with van der Waals surface area (Å²) >= 11 is 1.57. The Bertz CT molecular complexity index is 498. The summed E-state index contributed by atoms with van der Waals surface area (Å²) in [5, 5.41) is 14.8. The third-order valence-corrected chi connectivity index (χ3v) is 3.12. The molecule has 6 heteroatoms. The maximum Gasteiger partial charge on any atom is 0.237 e. The molecule has 0 amide bonds. The SMILES string of the molecule is COc1nc2sccn2c1CNCC(C)(C)O. The maximum atomic E-state index is 9.63. The molecule has 0 saturated heterocycles. The average Bonchev–Trinajstić information content (AvgIpc) is 2.77. The highest BCUT2D eigenvalue weighted by Crippen LogP contribution is 2.22. The number of aromatic nitrogens is 2. The van der Waals surface area contributed by atoms with Crippen LogP contribution in [0.3, 0.4) is 0 Å². The Morgan fingerprint density at radius 1 is 1.59 bits per heavy atom. The lowest BCUT2D eigenvalue weighted by Gasteiger charge is -2.17. The lowest BCUT2D eigenvalue weighted by molar-refractivity contribution is 0.0793. The molecule has 2 N–H and O–H groups in total. The molecule has 2 aromatic heterocycles. The minimum absolute atomic E-state index is 0.521. The Kier molecular flexibility index (Phi) is 3.37. The van der Waals surface area contributed by atoms with E-state index in [1.807, 2.05) is 16.0 Å². The minimum atomic E-state index is -0.717. The van der Waals surface area contributed by atoms with Gasteiger partial charge in [-0.15, -0.1) is 11.3 Å². The molecule has 0 bridgehead atoms. The van der Waals surface area contributed by atoms with Crippen molar-refractivity contribution in [2.24, 2.45) is 0 Å². The summed E-state index contributed by atoms with van der Waals surface area (Å²) in [6.45, 7) is 4.68. The van der Waals surface area contributed by atoms with Gasteiger partial charge in [-0.1, -0.05) is 0 Å². The zero-order valence-corrected chi connectivity index (χ0v) is 11.0. The number of nitrogens with one attached hydrogen (secondary N) is 1. The van der Waals surface area contributed by atoms with E-state index in [1.165, 1.54) is 0 Å². The monoisotopic (exact) mass is 255 g/mol. The molecule has 0 aliphatic carbocycles. The molecule has 0 aliphatic rings. The number of hydrogen-bond donors (Lipinski definition) is 2. The number of ether oxygens (including phenoxy) is 1. The second kappa shape index (κ2) is 4.64. The summed E-state index contributed by atoms with van der Waals surface area (Å²) in [6.07, 6.45) is 1.97. The highest BCUT2D eigenvalue weighted by molar-refractivity contribution is 7.15. The Morgan fingerprint density at radius 2 is 2.35 bits per heavy atom. The van der Waals surface area contributed by atoms with Crippen LogP contribution >= 0.6 is 11.3 Å². The van der Waals surface area contributed by atoms with Gasteiger partial charge in [0.1, 0.15) is 5.69 Å². The number of nitrogens with zero attached hydrogens (tertiary/aromatic N) is 2. The summed E-state index contributed by atoms with van der Waals surface area (Å²) in [5.41, 5.74) is 0.263. The average molecular weight is 255 g/mol. The molecular formula is C11H17N3O2S. The molecule has 0 aliphatic heterocycles. The molecule has 0 saturated carbocycles. The summed E-state index contributed by atoms with van der Waals surface area (Å²) in [6, 6.07) is 0. The van der Waals surface area contributed by atoms with Crippen LogP contribution < -0.4 is 10.1 Å². The highest BCUT2D eigenvalue weighted by Gasteiger charge is 2.15. The van der Waals surface area contributed by atoms with Gasteiger partial charge in [-0.2, -0.15) is 4.98 Å². The third-order valence-electron chi connectivity index (χ3n) is 2.37. The van der Waals surface area contributed by atoms with Gasteiger partial charge in [0.05, 0.1) is 12.7 Å². The first-order valence-corrected chi connectivity index (χ1v) is 6.31. The van der Waals surface area contributed by atoms with Crippen molar-refractivity contribution >= 4 is 16.3 Å². The van der Waals surface area contributed by atoms with Gasteiger partial charge >= 0.3 is 0 Å². The molecule has 0 unspecified atom stereocenters. The molecule has 0 atom stereocenters. The van der Waals surface area contributed by atoms with E-state index < -0.39 is 5.60 Å². The zero-order chi connectivity index (χ0) is 12.5. The van der Waals surface area contributed by atoms with E-state index in [2.05, 4.69) is 10.3 Å². The molecule has 17 heavy (non-hydrogen) atoms. The van der Waals surface area contributed by atoms with Crippen molar-refractivity contribution in [1.82, 2.24) is 14.7 Å². The van der Waals surface area contributed by atoms with Gasteiger partial charge in [0.25, 0.3) is 0 Å². The van der Waals surface area contributed by atoms with E-state index in [0.29, 0.717) is 19.0 Å². The molecule has 0 fully saturated rings. The first-order valence-electron chi connectivity index (χ1n) is 5.43. The molecule has 2 heterocycles. The number of hydrogen-bond acceptors (Lipinski definition) is 5. The molecular weight excluding hydrogens is 238 g/mol. The quantitative estimate of drug-likeness (QED) is 0.844. The largest absolute Gasteiger partial charge is 0.480 e. The predicted molar refractivity (Wildman–Crippen MR) is 67.6 cm³/mol. The second-order valence-electron chi connectivity index (χ2n) is 4.54. The number of imidazole rings is 1. The van der Waals surface area contributed by atoms with Gasteiger partial charge in [0, 0.05) is 24.7 Å². The third kappa shape index (κ3) is 2.77. The minimum Gasteiger partial charge on any atom is -0.480 e. The van der Waals surface area contributed by atoms with Gasteiger partial charge in [-0.25, -0.2) is 0 Å². The number of methoxy groups -OCH3 is 1. The van der Waals surface area contributed by atoms with Crippen LogP contribution in [0.2, 0.25) is 0 Å². The van der Waals surface area contributed by atoms with Gasteiger partial charge in [-0.05, 0) is 13.8 Å². The van der Waals surface area contributed by atoms with Crippen LogP contribution in [0.15, 0.2) is 11.6 Å². The van der Waals surface area contributed by atoms with E-state index in [9.17, 15) is 5.11 Å². The Hall–Kier alpha value is -1.11. The summed E-state index contributed by atoms with van der Waals surface area (Å²) in [7, 11) is 1.62. The van der Waals surface area contributed by atoms with Crippen molar-refractivity contribution in [3.8, 4) is 5.88 Å². The van der Waals surface area contributed by atoms with Crippen LogP contribution in [0.4, 0.5) is 0 Å². The summed E-state index contributed by atoms with van der Waals surface area (Å²) < 4.78 is 7.24. The number of aliphatic hydroxyl groups is 1. The molecule has 0 radical (unpaired) electrons. The van der Waals surface area contributed by atoms with E-state index in [1.54, 1.807) is 32.3 Å². The fourth-order valence-corrected chi connectivity index (χ4v) is 2.35. The molecule has 0 spiro atoms. The molecule has 2 aromatic rings. The van der Waals surface area contributed by atoms with Gasteiger partial charge in [0.2, 0.25) is 5.88 Å². The molecule has 94 valence electrons. The maximum absolute atomic E-state index is 9.63. The fourth-order valence-electron chi connectivity index (χ4n) is 1.62. The first-order chi connectivity index (χ1) is 8.01. The van der Waals surface area contributed by atoms with E-state index in [-0.39, 0.29) is 0 Å². The number of fused-ring (bicyclic) bond motifs is 1.